The van der Waals surface area contributed by atoms with Gasteiger partial charge in [0, 0.05) is 10.8 Å². The minimum absolute atomic E-state index is 0.192. The largest absolute Gasteiger partial charge is 0.308 e. The molecule has 6 heteroatoms. The van der Waals surface area contributed by atoms with Crippen molar-refractivity contribution in [2.45, 2.75) is 6.92 Å². The number of nitrogens with zero attached hydrogens (tertiary/aromatic N) is 1. The number of hydrogen-bond acceptors (Lipinski definition) is 0. The fraction of sp³-hybridized carbons (Fsp3) is 0.0400. The minimum atomic E-state index is -2.20. The minimum Gasteiger partial charge on any atom is -0.308 e. The Morgan fingerprint density at radius 1 is 0.742 bits per heavy atom. The van der Waals surface area contributed by atoms with E-state index in [2.05, 4.69) is 6.58 Å². The molecule has 0 unspecified atom stereocenters. The van der Waals surface area contributed by atoms with Crippen molar-refractivity contribution in [2.75, 3.05) is 0 Å². The van der Waals surface area contributed by atoms with E-state index in [1.54, 1.807) is 37.3 Å². The molecule has 4 rings (SSSR count). The van der Waals surface area contributed by atoms with Crippen LogP contribution in [0.3, 0.4) is 0 Å². The van der Waals surface area contributed by atoms with Crippen molar-refractivity contribution in [3.05, 3.63) is 114 Å². The molecule has 0 amide bonds. The molecule has 0 aliphatic heterocycles. The lowest BCUT2D eigenvalue weighted by Crippen LogP contribution is -2.10. The van der Waals surface area contributed by atoms with Gasteiger partial charge in [-0.15, -0.1) is 0 Å². The topological polar surface area (TPSA) is 4.93 Å². The molecule has 0 N–H and O–H groups in total. The zero-order valence-corrected chi connectivity index (χ0v) is 16.4. The summed E-state index contributed by atoms with van der Waals surface area (Å²) in [4.78, 5) is 0. The van der Waals surface area contributed by atoms with Gasteiger partial charge < -0.3 is 4.57 Å². The second-order valence-electron chi connectivity index (χ2n) is 7.07. The van der Waals surface area contributed by atoms with Gasteiger partial charge in [-0.05, 0) is 25.1 Å². The normalized spacial score (nSPS) is 12.4. The number of allylic oxidation sites excluding steroid dienone is 4. The Bertz CT molecular complexity index is 1330. The fourth-order valence-corrected chi connectivity index (χ4v) is 3.59. The van der Waals surface area contributed by atoms with E-state index in [-0.39, 0.29) is 5.70 Å². The number of fused-ring (bicyclic) bond motifs is 3. The maximum absolute atomic E-state index is 14.8. The summed E-state index contributed by atoms with van der Waals surface area (Å²) in [6.07, 6.45) is 4.34. The first kappa shape index (κ1) is 20.6. The van der Waals surface area contributed by atoms with E-state index in [4.69, 9.17) is 0 Å². The van der Waals surface area contributed by atoms with Crippen molar-refractivity contribution in [3.63, 3.8) is 0 Å². The summed E-state index contributed by atoms with van der Waals surface area (Å²) >= 11 is 0. The van der Waals surface area contributed by atoms with Gasteiger partial charge in [-0.1, -0.05) is 60.7 Å². The quantitative estimate of drug-likeness (QED) is 0.138. The molecule has 156 valence electrons. The molecule has 0 radical (unpaired) electrons. The first-order valence-electron chi connectivity index (χ1n) is 9.37. The van der Waals surface area contributed by atoms with Gasteiger partial charge in [0.15, 0.2) is 23.3 Å². The second kappa shape index (κ2) is 7.87. The molecule has 0 aliphatic carbocycles. The molecule has 1 aromatic heterocycles. The summed E-state index contributed by atoms with van der Waals surface area (Å²) in [6, 6.07) is 14.2. The van der Waals surface area contributed by atoms with Crippen LogP contribution < -0.4 is 0 Å². The fourth-order valence-electron chi connectivity index (χ4n) is 3.59. The lowest BCUT2D eigenvalue weighted by atomic mass is 10.1. The highest BCUT2D eigenvalue weighted by Gasteiger charge is 2.29. The van der Waals surface area contributed by atoms with Crippen LogP contribution in [0.4, 0.5) is 22.0 Å². The van der Waals surface area contributed by atoms with Crippen LogP contribution in [-0.2, 0) is 0 Å². The number of rotatable bonds is 4. The van der Waals surface area contributed by atoms with Gasteiger partial charge in [-0.2, -0.15) is 0 Å². The Balaban J connectivity index is 2.17. The van der Waals surface area contributed by atoms with Gasteiger partial charge in [0.1, 0.15) is 0 Å². The van der Waals surface area contributed by atoms with Crippen LogP contribution in [0.25, 0.3) is 27.5 Å². The summed E-state index contributed by atoms with van der Waals surface area (Å²) in [5.74, 6) is -9.98. The maximum atomic E-state index is 14.8. The van der Waals surface area contributed by atoms with E-state index in [1.165, 1.54) is 16.7 Å². The molecule has 4 aromatic rings. The predicted molar refractivity (Wildman–Crippen MR) is 113 cm³/mol. The molecular weight excluding hydrogens is 409 g/mol. The average Bonchev–Trinajstić information content (AvgIpc) is 3.09. The van der Waals surface area contributed by atoms with Crippen LogP contribution in [0.1, 0.15) is 12.5 Å². The highest BCUT2D eigenvalue weighted by atomic mass is 19.2. The van der Waals surface area contributed by atoms with Crippen molar-refractivity contribution < 1.29 is 22.0 Å². The molecule has 0 spiro atoms. The summed E-state index contributed by atoms with van der Waals surface area (Å²) in [5, 5.41) is 1.55. The third kappa shape index (κ3) is 3.34. The van der Waals surface area contributed by atoms with Crippen LogP contribution in [-0.4, -0.2) is 4.57 Å². The monoisotopic (exact) mass is 425 g/mol. The van der Waals surface area contributed by atoms with Crippen LogP contribution in [0.5, 0.6) is 0 Å². The molecule has 0 bridgehead atoms. The van der Waals surface area contributed by atoms with Gasteiger partial charge in [0.05, 0.1) is 22.3 Å². The Kier molecular flexibility index (Phi) is 5.23. The number of aromatic nitrogens is 1. The molecule has 1 heterocycles. The molecule has 0 atom stereocenters. The first-order valence-corrected chi connectivity index (χ1v) is 9.37. The molecule has 0 fully saturated rings. The second-order valence-corrected chi connectivity index (χ2v) is 7.07. The SMILES string of the molecule is C=C(C)/C=C\C=C(\c1c(F)c(F)c(F)c(F)c1F)n1c2ccccc2c2ccccc21. The molecule has 3 aromatic carbocycles. The number of hydrogen-bond donors (Lipinski definition) is 0. The Labute approximate surface area is 175 Å². The number of benzene rings is 3. The van der Waals surface area contributed by atoms with Gasteiger partial charge in [-0.3, -0.25) is 0 Å². The van der Waals surface area contributed by atoms with E-state index in [0.29, 0.717) is 16.6 Å². The van der Waals surface area contributed by atoms with Crippen molar-refractivity contribution in [1.29, 1.82) is 0 Å². The Morgan fingerprint density at radius 2 is 1.19 bits per heavy atom. The Hall–Kier alpha value is -3.67. The van der Waals surface area contributed by atoms with Crippen LogP contribution >= 0.6 is 0 Å². The van der Waals surface area contributed by atoms with E-state index < -0.39 is 34.6 Å². The lowest BCUT2D eigenvalue weighted by Gasteiger charge is -2.15. The van der Waals surface area contributed by atoms with Crippen LogP contribution in [0, 0.1) is 29.1 Å². The lowest BCUT2D eigenvalue weighted by molar-refractivity contribution is 0.376. The smallest absolute Gasteiger partial charge is 0.200 e. The standard InChI is InChI=1S/C25H16F5N/c1-14(2)8-7-13-19(20-21(26)23(28)25(30)24(29)22(20)27)31-17-11-5-3-9-15(17)16-10-4-6-12-18(16)31/h3-13H,1H2,2H3/b8-7-,19-13-. The van der Waals surface area contributed by atoms with Gasteiger partial charge in [-0.25, -0.2) is 22.0 Å². The molecule has 31 heavy (non-hydrogen) atoms. The van der Waals surface area contributed by atoms with Crippen molar-refractivity contribution in [2.24, 2.45) is 0 Å². The van der Waals surface area contributed by atoms with Crippen molar-refractivity contribution in [1.82, 2.24) is 4.57 Å². The van der Waals surface area contributed by atoms with Gasteiger partial charge >= 0.3 is 0 Å². The number of para-hydroxylation sites is 2. The third-order valence-electron chi connectivity index (χ3n) is 4.92. The van der Waals surface area contributed by atoms with Crippen LogP contribution in [0.2, 0.25) is 0 Å². The summed E-state index contributed by atoms with van der Waals surface area (Å²) in [6.45, 7) is 5.43. The summed E-state index contributed by atoms with van der Waals surface area (Å²) < 4.78 is 72.9. The van der Waals surface area contributed by atoms with E-state index in [1.807, 2.05) is 24.3 Å². The van der Waals surface area contributed by atoms with Gasteiger partial charge in [0.2, 0.25) is 5.82 Å². The van der Waals surface area contributed by atoms with E-state index in [9.17, 15) is 22.0 Å². The zero-order valence-electron chi connectivity index (χ0n) is 16.4. The Morgan fingerprint density at radius 3 is 1.68 bits per heavy atom. The molecule has 0 saturated carbocycles. The van der Waals surface area contributed by atoms with E-state index >= 15 is 0 Å². The third-order valence-corrected chi connectivity index (χ3v) is 4.92. The molecule has 1 nitrogen and oxygen atoms in total. The predicted octanol–water partition coefficient (Wildman–Crippen LogP) is 7.51. The van der Waals surface area contributed by atoms with Crippen LogP contribution in [0.15, 0.2) is 78.9 Å². The van der Waals surface area contributed by atoms with E-state index in [0.717, 1.165) is 10.8 Å². The maximum Gasteiger partial charge on any atom is 0.200 e. The highest BCUT2D eigenvalue weighted by Crippen LogP contribution is 2.36. The summed E-state index contributed by atoms with van der Waals surface area (Å²) in [5.41, 5.74) is 0.567. The van der Waals surface area contributed by atoms with Crippen molar-refractivity contribution >= 4 is 27.5 Å². The molecule has 0 saturated heterocycles. The summed E-state index contributed by atoms with van der Waals surface area (Å²) in [7, 11) is 0. The average molecular weight is 425 g/mol. The van der Waals surface area contributed by atoms with Gasteiger partial charge in [0.25, 0.3) is 0 Å². The molecular formula is C25H16F5N. The van der Waals surface area contributed by atoms with Crippen molar-refractivity contribution in [3.8, 4) is 0 Å². The highest BCUT2D eigenvalue weighted by molar-refractivity contribution is 6.10. The zero-order chi connectivity index (χ0) is 22.3. The molecule has 0 aliphatic rings. The first-order chi connectivity index (χ1) is 14.8. The number of halogens is 5.